The van der Waals surface area contributed by atoms with Crippen LogP contribution in [0.3, 0.4) is 0 Å². The van der Waals surface area contributed by atoms with Gasteiger partial charge in [-0.3, -0.25) is 14.8 Å². The summed E-state index contributed by atoms with van der Waals surface area (Å²) >= 11 is 0. The molecule has 5 rings (SSSR count). The van der Waals surface area contributed by atoms with Crippen molar-refractivity contribution < 1.29 is 14.0 Å². The molecule has 3 heterocycles. The van der Waals surface area contributed by atoms with E-state index in [1.54, 1.807) is 24.4 Å². The van der Waals surface area contributed by atoms with Gasteiger partial charge in [0.1, 0.15) is 0 Å². The molecule has 8 nitrogen and oxygen atoms in total. The molecule has 1 aromatic heterocycles. The second-order valence-corrected chi connectivity index (χ2v) is 10.6. The molecule has 2 aliphatic rings. The Kier molecular flexibility index (Phi) is 8.60. The fourth-order valence-corrected chi connectivity index (χ4v) is 5.49. The second-order valence-electron chi connectivity index (χ2n) is 10.6. The van der Waals surface area contributed by atoms with Crippen LogP contribution in [0.2, 0.25) is 0 Å². The van der Waals surface area contributed by atoms with Gasteiger partial charge in [-0.05, 0) is 63.4 Å². The van der Waals surface area contributed by atoms with Gasteiger partial charge in [-0.25, -0.2) is 14.0 Å². The zero-order valence-electron chi connectivity index (χ0n) is 23.2. The van der Waals surface area contributed by atoms with Gasteiger partial charge in [-0.2, -0.15) is 0 Å². The van der Waals surface area contributed by atoms with Crippen LogP contribution in [0.15, 0.2) is 66.9 Å². The monoisotopic (exact) mass is 544 g/mol. The molecule has 4 amide bonds. The summed E-state index contributed by atoms with van der Waals surface area (Å²) in [4.78, 5) is 38.4. The van der Waals surface area contributed by atoms with Crippen molar-refractivity contribution in [3.63, 3.8) is 0 Å². The van der Waals surface area contributed by atoms with Crippen LogP contribution in [0.4, 0.5) is 31.0 Å². The Bertz CT molecular complexity index is 1310. The Balaban J connectivity index is 1.27. The summed E-state index contributed by atoms with van der Waals surface area (Å²) in [5.74, 6) is -0.453. The third kappa shape index (κ3) is 6.25. The molecule has 0 saturated carbocycles. The predicted octanol–water partition coefficient (Wildman–Crippen LogP) is 6.01. The number of nitrogens with zero attached hydrogens (tertiary/aromatic N) is 5. The summed E-state index contributed by atoms with van der Waals surface area (Å²) in [7, 11) is 0. The smallest absolute Gasteiger partial charge is 0.325 e. The highest BCUT2D eigenvalue weighted by molar-refractivity contribution is 6.07. The first kappa shape index (κ1) is 27.6. The normalized spacial score (nSPS) is 17.9. The number of benzene rings is 2. The van der Waals surface area contributed by atoms with Crippen molar-refractivity contribution in [2.24, 2.45) is 0 Å². The Morgan fingerprint density at radius 1 is 0.950 bits per heavy atom. The van der Waals surface area contributed by atoms with E-state index in [1.165, 1.54) is 11.3 Å². The van der Waals surface area contributed by atoms with E-state index in [2.05, 4.69) is 22.1 Å². The zero-order valence-corrected chi connectivity index (χ0v) is 23.2. The number of anilines is 3. The maximum atomic E-state index is 15.7. The lowest BCUT2D eigenvalue weighted by Crippen LogP contribution is -2.57. The van der Waals surface area contributed by atoms with Gasteiger partial charge in [0, 0.05) is 56.6 Å². The number of likely N-dealkylation sites (tertiary alicyclic amines) is 1. The molecule has 0 spiro atoms. The third-order valence-electron chi connectivity index (χ3n) is 7.67. The quantitative estimate of drug-likeness (QED) is 0.427. The molecule has 9 heteroatoms. The number of rotatable bonds is 5. The first-order valence-electron chi connectivity index (χ1n) is 14.0. The van der Waals surface area contributed by atoms with Crippen LogP contribution in [0.5, 0.6) is 0 Å². The highest BCUT2D eigenvalue weighted by Crippen LogP contribution is 2.28. The van der Waals surface area contributed by atoms with Crippen molar-refractivity contribution in [2.75, 3.05) is 42.9 Å². The number of halogens is 1. The third-order valence-corrected chi connectivity index (χ3v) is 7.67. The van der Waals surface area contributed by atoms with Crippen molar-refractivity contribution in [1.82, 2.24) is 19.7 Å². The molecule has 1 N–H and O–H groups in total. The van der Waals surface area contributed by atoms with E-state index in [0.29, 0.717) is 43.1 Å². The number of pyridine rings is 1. The van der Waals surface area contributed by atoms with Crippen LogP contribution in [-0.2, 0) is 6.54 Å². The van der Waals surface area contributed by atoms with Gasteiger partial charge in [0.2, 0.25) is 0 Å². The summed E-state index contributed by atoms with van der Waals surface area (Å²) in [5, 5.41) is 2.77. The Morgan fingerprint density at radius 2 is 1.73 bits per heavy atom. The molecule has 210 valence electrons. The maximum absolute atomic E-state index is 15.7. The molecule has 2 aliphatic heterocycles. The van der Waals surface area contributed by atoms with E-state index in [9.17, 15) is 9.59 Å². The van der Waals surface area contributed by atoms with Crippen LogP contribution >= 0.6 is 0 Å². The summed E-state index contributed by atoms with van der Waals surface area (Å²) in [5.41, 5.74) is 2.69. The second kappa shape index (κ2) is 12.5. The molecule has 2 fully saturated rings. The van der Waals surface area contributed by atoms with E-state index in [4.69, 9.17) is 0 Å². The van der Waals surface area contributed by atoms with Gasteiger partial charge in [0.25, 0.3) is 0 Å². The van der Waals surface area contributed by atoms with Crippen molar-refractivity contribution in [3.8, 4) is 0 Å². The molecule has 3 aromatic rings. The summed E-state index contributed by atoms with van der Waals surface area (Å²) in [6.45, 7) is 7.94. The summed E-state index contributed by atoms with van der Waals surface area (Å²) in [6, 6.07) is 17.6. The SMILES string of the molecule is Cc1ccc(N(C(=O)Nc2cccc(CN3CCN(C(=O)N4CCCCC4)[C@H](C)C3)c2F)c2ccccc2)cn1. The van der Waals surface area contributed by atoms with Crippen LogP contribution in [-0.4, -0.2) is 70.5 Å². The maximum Gasteiger partial charge on any atom is 0.331 e. The van der Waals surface area contributed by atoms with Crippen molar-refractivity contribution in [3.05, 3.63) is 83.9 Å². The number of amides is 4. The first-order chi connectivity index (χ1) is 19.4. The van der Waals surface area contributed by atoms with Gasteiger partial charge >= 0.3 is 12.1 Å². The minimum absolute atomic E-state index is 0.0386. The summed E-state index contributed by atoms with van der Waals surface area (Å²) < 4.78 is 15.7. The number of para-hydroxylation sites is 1. The Morgan fingerprint density at radius 3 is 2.42 bits per heavy atom. The van der Waals surface area contributed by atoms with E-state index < -0.39 is 11.8 Å². The molecule has 0 radical (unpaired) electrons. The number of carbonyl (C=O) groups excluding carboxylic acids is 2. The Hall–Kier alpha value is -3.98. The molecule has 2 aromatic carbocycles. The Labute approximate surface area is 235 Å². The average molecular weight is 545 g/mol. The minimum Gasteiger partial charge on any atom is -0.325 e. The standard InChI is InChI=1S/C31H37FN6O2/c1-23-14-15-27(20-33-23)38(26-11-5-3-6-12-26)30(39)34-28-13-9-10-25(29(28)32)22-35-18-19-37(24(2)21-35)31(40)36-16-7-4-8-17-36/h3,5-6,9-15,20,24H,4,7-8,16-19,21-22H2,1-2H3,(H,34,39)/t24-/m1/s1. The number of piperazine rings is 1. The molecule has 0 aliphatic carbocycles. The fraction of sp³-hybridized carbons (Fsp3) is 0.387. The van der Waals surface area contributed by atoms with Crippen LogP contribution < -0.4 is 10.2 Å². The van der Waals surface area contributed by atoms with Crippen molar-refractivity contribution >= 4 is 29.1 Å². The molecular weight excluding hydrogens is 507 g/mol. The van der Waals surface area contributed by atoms with E-state index in [-0.39, 0.29) is 17.8 Å². The fourth-order valence-electron chi connectivity index (χ4n) is 5.49. The largest absolute Gasteiger partial charge is 0.331 e. The van der Waals surface area contributed by atoms with Gasteiger partial charge < -0.3 is 15.1 Å². The highest BCUT2D eigenvalue weighted by Gasteiger charge is 2.31. The number of aromatic nitrogens is 1. The lowest BCUT2D eigenvalue weighted by atomic mass is 10.1. The molecular formula is C31H37FN6O2. The number of hydrogen-bond acceptors (Lipinski definition) is 4. The molecule has 0 bridgehead atoms. The minimum atomic E-state index is -0.480. The number of piperidine rings is 1. The van der Waals surface area contributed by atoms with Crippen LogP contribution in [0.25, 0.3) is 0 Å². The van der Waals surface area contributed by atoms with Crippen LogP contribution in [0.1, 0.15) is 37.4 Å². The highest BCUT2D eigenvalue weighted by atomic mass is 19.1. The van der Waals surface area contributed by atoms with E-state index in [0.717, 1.165) is 31.6 Å². The van der Waals surface area contributed by atoms with E-state index >= 15 is 4.39 Å². The lowest BCUT2D eigenvalue weighted by molar-refractivity contribution is 0.0737. The van der Waals surface area contributed by atoms with Crippen molar-refractivity contribution in [2.45, 2.75) is 45.7 Å². The van der Waals surface area contributed by atoms with E-state index in [1.807, 2.05) is 59.2 Å². The van der Waals surface area contributed by atoms with Gasteiger partial charge in [-0.15, -0.1) is 0 Å². The van der Waals surface area contributed by atoms with Gasteiger partial charge in [0.15, 0.2) is 5.82 Å². The lowest BCUT2D eigenvalue weighted by Gasteiger charge is -2.42. The molecule has 1 atom stereocenters. The van der Waals surface area contributed by atoms with Gasteiger partial charge in [0.05, 0.1) is 23.3 Å². The number of hydrogen-bond donors (Lipinski definition) is 1. The number of carbonyl (C=O) groups is 2. The summed E-state index contributed by atoms with van der Waals surface area (Å²) in [6.07, 6.45) is 4.95. The number of nitrogens with one attached hydrogen (secondary N) is 1. The predicted molar refractivity (Wildman–Crippen MR) is 155 cm³/mol. The number of urea groups is 2. The topological polar surface area (TPSA) is 72.0 Å². The molecule has 0 unspecified atom stereocenters. The van der Waals surface area contributed by atoms with Gasteiger partial charge in [-0.1, -0.05) is 30.3 Å². The van der Waals surface area contributed by atoms with Crippen LogP contribution in [0, 0.1) is 12.7 Å². The molecule has 2 saturated heterocycles. The average Bonchev–Trinajstić information content (AvgIpc) is 2.97. The number of aryl methyl sites for hydroxylation is 1. The zero-order chi connectivity index (χ0) is 28.1. The van der Waals surface area contributed by atoms with Crippen molar-refractivity contribution in [1.29, 1.82) is 0 Å². The molecule has 40 heavy (non-hydrogen) atoms. The first-order valence-corrected chi connectivity index (χ1v) is 14.0.